The van der Waals surface area contributed by atoms with Gasteiger partial charge in [-0.05, 0) is 70.8 Å². The predicted octanol–water partition coefficient (Wildman–Crippen LogP) is 4.09. The molecule has 0 aliphatic rings. The summed E-state index contributed by atoms with van der Waals surface area (Å²) in [6, 6.07) is 14.2. The van der Waals surface area contributed by atoms with E-state index in [4.69, 9.17) is 22.2 Å². The van der Waals surface area contributed by atoms with Crippen LogP contribution >= 0.6 is 34.2 Å². The zero-order valence-corrected chi connectivity index (χ0v) is 14.7. The number of rotatable bonds is 6. The maximum atomic E-state index is 6.18. The van der Waals surface area contributed by atoms with Crippen LogP contribution in [-0.4, -0.2) is 7.11 Å². The number of nitrogens with one attached hydrogen (secondary N) is 1. The Labute approximate surface area is 143 Å². The van der Waals surface area contributed by atoms with E-state index < -0.39 is 0 Å². The standard InChI is InChI=1S/C16H18ClIN2O/c1-21-13-6-2-11(3-7-13)4-9-16(20-19)12-5-8-15(18)14(17)10-12/h2-3,5-8,10,16,20H,4,9,19H2,1H3. The zero-order chi connectivity index (χ0) is 15.2. The third-order valence-corrected chi connectivity index (χ3v) is 5.00. The number of hydrogen-bond donors (Lipinski definition) is 2. The van der Waals surface area contributed by atoms with Crippen molar-refractivity contribution in [2.75, 3.05) is 7.11 Å². The summed E-state index contributed by atoms with van der Waals surface area (Å²) in [5.41, 5.74) is 5.24. The fourth-order valence-electron chi connectivity index (χ4n) is 2.18. The molecule has 1 unspecified atom stereocenters. The molecule has 0 amide bonds. The molecule has 0 saturated heterocycles. The molecule has 2 aromatic rings. The van der Waals surface area contributed by atoms with Gasteiger partial charge >= 0.3 is 0 Å². The summed E-state index contributed by atoms with van der Waals surface area (Å²) in [5.74, 6) is 6.56. The molecule has 0 aliphatic carbocycles. The zero-order valence-electron chi connectivity index (χ0n) is 11.8. The van der Waals surface area contributed by atoms with Crippen LogP contribution in [0, 0.1) is 3.57 Å². The van der Waals surface area contributed by atoms with E-state index in [-0.39, 0.29) is 6.04 Å². The Morgan fingerprint density at radius 3 is 2.52 bits per heavy atom. The van der Waals surface area contributed by atoms with Crippen molar-refractivity contribution < 1.29 is 4.74 Å². The van der Waals surface area contributed by atoms with Crippen LogP contribution < -0.4 is 16.0 Å². The molecule has 21 heavy (non-hydrogen) atoms. The lowest BCUT2D eigenvalue weighted by molar-refractivity contribution is 0.414. The van der Waals surface area contributed by atoms with Gasteiger partial charge in [-0.15, -0.1) is 0 Å². The fraction of sp³-hybridized carbons (Fsp3) is 0.250. The van der Waals surface area contributed by atoms with Crippen molar-refractivity contribution >= 4 is 34.2 Å². The van der Waals surface area contributed by atoms with Crippen LogP contribution in [0.15, 0.2) is 42.5 Å². The van der Waals surface area contributed by atoms with Crippen molar-refractivity contribution in [3.63, 3.8) is 0 Å². The van der Waals surface area contributed by atoms with Crippen LogP contribution in [0.3, 0.4) is 0 Å². The Morgan fingerprint density at radius 1 is 1.24 bits per heavy atom. The average molecular weight is 417 g/mol. The Kier molecular flexibility index (Phi) is 6.29. The second-order valence-electron chi connectivity index (χ2n) is 4.78. The summed E-state index contributed by atoms with van der Waals surface area (Å²) in [4.78, 5) is 0. The van der Waals surface area contributed by atoms with Gasteiger partial charge in [0.15, 0.2) is 0 Å². The highest BCUT2D eigenvalue weighted by Gasteiger charge is 2.11. The van der Waals surface area contributed by atoms with Crippen molar-refractivity contribution in [2.45, 2.75) is 18.9 Å². The van der Waals surface area contributed by atoms with Crippen LogP contribution in [0.1, 0.15) is 23.6 Å². The van der Waals surface area contributed by atoms with E-state index in [9.17, 15) is 0 Å². The Bertz CT molecular complexity index is 589. The molecule has 0 bridgehead atoms. The van der Waals surface area contributed by atoms with E-state index >= 15 is 0 Å². The number of hydrazine groups is 1. The van der Waals surface area contributed by atoms with Crippen molar-refractivity contribution in [2.24, 2.45) is 5.84 Å². The van der Waals surface area contributed by atoms with Crippen LogP contribution in [0.2, 0.25) is 5.02 Å². The van der Waals surface area contributed by atoms with Gasteiger partial charge in [0.2, 0.25) is 0 Å². The van der Waals surface area contributed by atoms with Crippen LogP contribution in [0.25, 0.3) is 0 Å². The van der Waals surface area contributed by atoms with Crippen LogP contribution in [-0.2, 0) is 6.42 Å². The number of hydrogen-bond acceptors (Lipinski definition) is 3. The minimum atomic E-state index is 0.0848. The first-order chi connectivity index (χ1) is 10.1. The van der Waals surface area contributed by atoms with E-state index in [0.717, 1.165) is 32.7 Å². The highest BCUT2D eigenvalue weighted by Crippen LogP contribution is 2.25. The lowest BCUT2D eigenvalue weighted by atomic mass is 9.99. The maximum absolute atomic E-state index is 6.18. The molecule has 3 nitrogen and oxygen atoms in total. The average Bonchev–Trinajstić information content (AvgIpc) is 2.52. The number of halogens is 2. The first-order valence-corrected chi connectivity index (χ1v) is 8.13. The molecule has 5 heteroatoms. The summed E-state index contributed by atoms with van der Waals surface area (Å²) in [7, 11) is 1.67. The van der Waals surface area contributed by atoms with Crippen LogP contribution in [0.5, 0.6) is 5.75 Å². The quantitative estimate of drug-likeness (QED) is 0.424. The van der Waals surface area contributed by atoms with Gasteiger partial charge in [-0.1, -0.05) is 29.8 Å². The molecule has 0 aliphatic heterocycles. The highest BCUT2D eigenvalue weighted by molar-refractivity contribution is 14.1. The number of methoxy groups -OCH3 is 1. The lowest BCUT2D eigenvalue weighted by Crippen LogP contribution is -2.28. The maximum Gasteiger partial charge on any atom is 0.118 e. The first kappa shape index (κ1) is 16.5. The Balaban J connectivity index is 2.02. The predicted molar refractivity (Wildman–Crippen MR) is 95.5 cm³/mol. The van der Waals surface area contributed by atoms with E-state index in [1.807, 2.05) is 24.3 Å². The third-order valence-electron chi connectivity index (χ3n) is 3.43. The van der Waals surface area contributed by atoms with Gasteiger partial charge < -0.3 is 4.74 Å². The van der Waals surface area contributed by atoms with Gasteiger partial charge in [-0.2, -0.15) is 0 Å². The summed E-state index contributed by atoms with van der Waals surface area (Å²) < 4.78 is 6.21. The summed E-state index contributed by atoms with van der Waals surface area (Å²) in [5, 5.41) is 0.762. The Hall–Kier alpha value is -0.820. The summed E-state index contributed by atoms with van der Waals surface area (Å²) >= 11 is 8.39. The van der Waals surface area contributed by atoms with Gasteiger partial charge in [-0.25, -0.2) is 0 Å². The molecule has 0 heterocycles. The van der Waals surface area contributed by atoms with Crippen molar-refractivity contribution in [3.8, 4) is 5.75 Å². The summed E-state index contributed by atoms with van der Waals surface area (Å²) in [6.07, 6.45) is 1.84. The normalized spacial score (nSPS) is 12.2. The molecule has 2 rings (SSSR count). The monoisotopic (exact) mass is 416 g/mol. The van der Waals surface area contributed by atoms with Gasteiger partial charge in [0, 0.05) is 9.61 Å². The fourth-order valence-corrected chi connectivity index (χ4v) is 2.70. The largest absolute Gasteiger partial charge is 0.497 e. The summed E-state index contributed by atoms with van der Waals surface area (Å²) in [6.45, 7) is 0. The van der Waals surface area contributed by atoms with Crippen molar-refractivity contribution in [3.05, 3.63) is 62.2 Å². The van der Waals surface area contributed by atoms with E-state index in [0.29, 0.717) is 0 Å². The van der Waals surface area contributed by atoms with Crippen molar-refractivity contribution in [1.82, 2.24) is 5.43 Å². The minimum Gasteiger partial charge on any atom is -0.497 e. The minimum absolute atomic E-state index is 0.0848. The van der Waals surface area contributed by atoms with Gasteiger partial charge in [0.1, 0.15) is 5.75 Å². The lowest BCUT2D eigenvalue weighted by Gasteiger charge is -2.17. The molecule has 112 valence electrons. The molecule has 0 aromatic heterocycles. The second-order valence-corrected chi connectivity index (χ2v) is 6.35. The molecule has 0 radical (unpaired) electrons. The number of benzene rings is 2. The molecular formula is C16H18ClIN2O. The topological polar surface area (TPSA) is 47.3 Å². The van der Waals surface area contributed by atoms with Crippen LogP contribution in [0.4, 0.5) is 0 Å². The van der Waals surface area contributed by atoms with E-state index in [1.54, 1.807) is 7.11 Å². The third kappa shape index (κ3) is 4.57. The first-order valence-electron chi connectivity index (χ1n) is 6.68. The molecule has 1 atom stereocenters. The Morgan fingerprint density at radius 2 is 1.95 bits per heavy atom. The van der Waals surface area contributed by atoms with E-state index in [1.165, 1.54) is 5.56 Å². The van der Waals surface area contributed by atoms with Gasteiger partial charge in [0.25, 0.3) is 0 Å². The molecule has 2 aromatic carbocycles. The highest BCUT2D eigenvalue weighted by atomic mass is 127. The second kappa shape index (κ2) is 7.98. The van der Waals surface area contributed by atoms with Gasteiger partial charge in [0.05, 0.1) is 12.1 Å². The van der Waals surface area contributed by atoms with Gasteiger partial charge in [-0.3, -0.25) is 11.3 Å². The molecule has 0 spiro atoms. The molecule has 0 fully saturated rings. The smallest absolute Gasteiger partial charge is 0.118 e. The number of aryl methyl sites for hydroxylation is 1. The molecular weight excluding hydrogens is 399 g/mol. The van der Waals surface area contributed by atoms with Crippen molar-refractivity contribution in [1.29, 1.82) is 0 Å². The molecule has 0 saturated carbocycles. The van der Waals surface area contributed by atoms with E-state index in [2.05, 4.69) is 46.2 Å². The SMILES string of the molecule is COc1ccc(CCC(NN)c2ccc(I)c(Cl)c2)cc1. The number of nitrogens with two attached hydrogens (primary N) is 1. The molecule has 3 N–H and O–H groups in total. The number of ether oxygens (including phenoxy) is 1.